The molecule has 0 aromatic heterocycles. The minimum Gasteiger partial charge on any atom is -0.481 e. The summed E-state index contributed by atoms with van der Waals surface area (Å²) < 4.78 is 0. The summed E-state index contributed by atoms with van der Waals surface area (Å²) in [6, 6.07) is 0. The lowest BCUT2D eigenvalue weighted by Crippen LogP contribution is -2.44. The van der Waals surface area contributed by atoms with Crippen LogP contribution in [0.1, 0.15) is 40.0 Å². The Morgan fingerprint density at radius 3 is 2.43 bits per heavy atom. The van der Waals surface area contributed by atoms with Crippen molar-refractivity contribution in [1.29, 1.82) is 0 Å². The fraction of sp³-hybridized carbons (Fsp3) is 0.909. The maximum atomic E-state index is 10.9. The van der Waals surface area contributed by atoms with Crippen LogP contribution in [0.2, 0.25) is 0 Å². The van der Waals surface area contributed by atoms with Crippen molar-refractivity contribution in [3.63, 3.8) is 0 Å². The van der Waals surface area contributed by atoms with Crippen molar-refractivity contribution < 1.29 is 15.0 Å². The zero-order valence-electron chi connectivity index (χ0n) is 9.16. The van der Waals surface area contributed by atoms with Gasteiger partial charge in [0.05, 0.1) is 11.5 Å². The Balaban J connectivity index is 2.67. The SMILES string of the molecule is CC1CC(O)(C(C)C)CCC1C(=O)O. The van der Waals surface area contributed by atoms with Gasteiger partial charge in [-0.2, -0.15) is 0 Å². The quantitative estimate of drug-likeness (QED) is 0.715. The number of carboxylic acid groups (broad SMARTS) is 1. The summed E-state index contributed by atoms with van der Waals surface area (Å²) in [5, 5.41) is 19.2. The monoisotopic (exact) mass is 200 g/mol. The summed E-state index contributed by atoms with van der Waals surface area (Å²) in [6.07, 6.45) is 1.83. The van der Waals surface area contributed by atoms with Gasteiger partial charge in [0.1, 0.15) is 0 Å². The number of carbonyl (C=O) groups is 1. The van der Waals surface area contributed by atoms with Gasteiger partial charge in [-0.05, 0) is 31.1 Å². The van der Waals surface area contributed by atoms with Crippen LogP contribution in [0.3, 0.4) is 0 Å². The van der Waals surface area contributed by atoms with Crippen LogP contribution < -0.4 is 0 Å². The molecule has 1 aliphatic rings. The molecule has 3 nitrogen and oxygen atoms in total. The van der Waals surface area contributed by atoms with Crippen molar-refractivity contribution in [3.8, 4) is 0 Å². The first-order valence-electron chi connectivity index (χ1n) is 5.32. The predicted octanol–water partition coefficient (Wildman–Crippen LogP) is 1.89. The van der Waals surface area contributed by atoms with Gasteiger partial charge in [-0.1, -0.05) is 20.8 Å². The molecular weight excluding hydrogens is 180 g/mol. The molecular formula is C11H20O3. The highest BCUT2D eigenvalue weighted by molar-refractivity contribution is 5.70. The van der Waals surface area contributed by atoms with Gasteiger partial charge in [0, 0.05) is 0 Å². The smallest absolute Gasteiger partial charge is 0.306 e. The highest BCUT2D eigenvalue weighted by Crippen LogP contribution is 2.40. The molecule has 0 bridgehead atoms. The van der Waals surface area contributed by atoms with Crippen molar-refractivity contribution in [3.05, 3.63) is 0 Å². The summed E-state index contributed by atoms with van der Waals surface area (Å²) in [6.45, 7) is 5.91. The lowest BCUT2D eigenvalue weighted by molar-refractivity contribution is -0.149. The third-order valence-electron chi connectivity index (χ3n) is 3.64. The molecule has 3 heteroatoms. The van der Waals surface area contributed by atoms with Crippen LogP contribution in [0.4, 0.5) is 0 Å². The van der Waals surface area contributed by atoms with Crippen molar-refractivity contribution in [2.75, 3.05) is 0 Å². The molecule has 3 atom stereocenters. The van der Waals surface area contributed by atoms with E-state index < -0.39 is 11.6 Å². The van der Waals surface area contributed by atoms with Gasteiger partial charge < -0.3 is 10.2 Å². The third kappa shape index (κ3) is 2.08. The maximum absolute atomic E-state index is 10.9. The normalized spacial score (nSPS) is 38.6. The van der Waals surface area contributed by atoms with Crippen LogP contribution in [0.5, 0.6) is 0 Å². The highest BCUT2D eigenvalue weighted by Gasteiger charge is 2.41. The van der Waals surface area contributed by atoms with E-state index in [2.05, 4.69) is 0 Å². The van der Waals surface area contributed by atoms with E-state index >= 15 is 0 Å². The topological polar surface area (TPSA) is 57.5 Å². The highest BCUT2D eigenvalue weighted by atomic mass is 16.4. The lowest BCUT2D eigenvalue weighted by Gasteiger charge is -2.41. The summed E-state index contributed by atoms with van der Waals surface area (Å²) in [5.41, 5.74) is -0.647. The van der Waals surface area contributed by atoms with Gasteiger partial charge in [-0.25, -0.2) is 0 Å². The van der Waals surface area contributed by atoms with E-state index in [4.69, 9.17) is 5.11 Å². The standard InChI is InChI=1S/C11H20O3/c1-7(2)11(14)5-4-9(10(12)13)8(3)6-11/h7-9,14H,4-6H2,1-3H3,(H,12,13). The van der Waals surface area contributed by atoms with Crippen LogP contribution >= 0.6 is 0 Å². The number of hydrogen-bond donors (Lipinski definition) is 2. The summed E-state index contributed by atoms with van der Waals surface area (Å²) >= 11 is 0. The fourth-order valence-electron chi connectivity index (χ4n) is 2.38. The van der Waals surface area contributed by atoms with Crippen LogP contribution in [-0.4, -0.2) is 21.8 Å². The van der Waals surface area contributed by atoms with Crippen LogP contribution in [0, 0.1) is 17.8 Å². The van der Waals surface area contributed by atoms with Crippen molar-refractivity contribution in [2.24, 2.45) is 17.8 Å². The molecule has 3 unspecified atom stereocenters. The first kappa shape index (κ1) is 11.5. The fourth-order valence-corrected chi connectivity index (χ4v) is 2.38. The molecule has 0 aromatic carbocycles. The molecule has 82 valence electrons. The molecule has 2 N–H and O–H groups in total. The van der Waals surface area contributed by atoms with Gasteiger partial charge in [0.15, 0.2) is 0 Å². The van der Waals surface area contributed by atoms with Crippen molar-refractivity contribution in [2.45, 2.75) is 45.6 Å². The van der Waals surface area contributed by atoms with E-state index in [0.29, 0.717) is 19.3 Å². The Hall–Kier alpha value is -0.570. The molecule has 1 saturated carbocycles. The average molecular weight is 200 g/mol. The van der Waals surface area contributed by atoms with Gasteiger partial charge in [-0.3, -0.25) is 4.79 Å². The molecule has 0 amide bonds. The maximum Gasteiger partial charge on any atom is 0.306 e. The van der Waals surface area contributed by atoms with Gasteiger partial charge in [0.25, 0.3) is 0 Å². The minimum atomic E-state index is -0.719. The Morgan fingerprint density at radius 2 is 2.07 bits per heavy atom. The number of rotatable bonds is 2. The molecule has 0 aliphatic heterocycles. The molecule has 0 heterocycles. The van der Waals surface area contributed by atoms with E-state index in [1.807, 2.05) is 20.8 Å². The molecule has 0 saturated heterocycles. The average Bonchev–Trinajstić information content (AvgIpc) is 2.02. The van der Waals surface area contributed by atoms with Crippen molar-refractivity contribution in [1.82, 2.24) is 0 Å². The zero-order valence-corrected chi connectivity index (χ0v) is 9.16. The van der Waals surface area contributed by atoms with Crippen LogP contribution in [-0.2, 0) is 4.79 Å². The third-order valence-corrected chi connectivity index (χ3v) is 3.64. The molecule has 0 spiro atoms. The Labute approximate surface area is 85.1 Å². The van der Waals surface area contributed by atoms with Crippen LogP contribution in [0.25, 0.3) is 0 Å². The summed E-state index contributed by atoms with van der Waals surface area (Å²) in [4.78, 5) is 10.9. The molecule has 1 aliphatic carbocycles. The van der Waals surface area contributed by atoms with E-state index in [9.17, 15) is 9.90 Å². The molecule has 0 aromatic rings. The Kier molecular flexibility index (Phi) is 3.20. The van der Waals surface area contributed by atoms with Gasteiger partial charge >= 0.3 is 5.97 Å². The molecule has 14 heavy (non-hydrogen) atoms. The Bertz CT molecular complexity index is 225. The number of hydrogen-bond acceptors (Lipinski definition) is 2. The van der Waals surface area contributed by atoms with Crippen molar-refractivity contribution >= 4 is 5.97 Å². The summed E-state index contributed by atoms with van der Waals surface area (Å²) in [5.74, 6) is -0.703. The molecule has 0 radical (unpaired) electrons. The van der Waals surface area contributed by atoms with E-state index in [0.717, 1.165) is 0 Å². The first-order valence-corrected chi connectivity index (χ1v) is 5.32. The lowest BCUT2D eigenvalue weighted by atomic mass is 9.68. The number of aliphatic hydroxyl groups is 1. The number of aliphatic carboxylic acids is 1. The number of carboxylic acids is 1. The first-order chi connectivity index (χ1) is 6.37. The molecule has 1 fully saturated rings. The largest absolute Gasteiger partial charge is 0.481 e. The predicted molar refractivity (Wildman–Crippen MR) is 53.9 cm³/mol. The minimum absolute atomic E-state index is 0.0775. The zero-order chi connectivity index (χ0) is 10.9. The second kappa shape index (κ2) is 3.89. The van der Waals surface area contributed by atoms with E-state index in [1.54, 1.807) is 0 Å². The van der Waals surface area contributed by atoms with E-state index in [1.165, 1.54) is 0 Å². The Morgan fingerprint density at radius 1 is 1.50 bits per heavy atom. The molecule has 1 rings (SSSR count). The van der Waals surface area contributed by atoms with Crippen LogP contribution in [0.15, 0.2) is 0 Å². The second-order valence-corrected chi connectivity index (χ2v) is 4.92. The summed E-state index contributed by atoms with van der Waals surface area (Å²) in [7, 11) is 0. The van der Waals surface area contributed by atoms with Gasteiger partial charge in [0.2, 0.25) is 0 Å². The van der Waals surface area contributed by atoms with E-state index in [-0.39, 0.29) is 17.8 Å². The van der Waals surface area contributed by atoms with Gasteiger partial charge in [-0.15, -0.1) is 0 Å². The second-order valence-electron chi connectivity index (χ2n) is 4.92.